The molecule has 0 nitrogen and oxygen atoms in total. The highest BCUT2D eigenvalue weighted by Gasteiger charge is 2.25. The third-order valence-corrected chi connectivity index (χ3v) is 6.14. The summed E-state index contributed by atoms with van der Waals surface area (Å²) in [4.78, 5) is 0. The summed E-state index contributed by atoms with van der Waals surface area (Å²) < 4.78 is 27.6. The molecule has 3 rings (SSSR count). The van der Waals surface area contributed by atoms with Crippen LogP contribution in [0.4, 0.5) is 8.78 Å². The molecule has 26 heavy (non-hydrogen) atoms. The molecular formula is C24H30F2. The van der Waals surface area contributed by atoms with Gasteiger partial charge in [-0.05, 0) is 66.3 Å². The van der Waals surface area contributed by atoms with E-state index >= 15 is 0 Å². The van der Waals surface area contributed by atoms with Crippen LogP contribution in [0, 0.1) is 29.4 Å². The molecule has 1 aliphatic rings. The van der Waals surface area contributed by atoms with E-state index in [1.54, 1.807) is 18.2 Å². The number of halogens is 2. The maximum atomic E-state index is 14.6. The molecule has 140 valence electrons. The van der Waals surface area contributed by atoms with Crippen molar-refractivity contribution in [2.75, 3.05) is 0 Å². The van der Waals surface area contributed by atoms with Gasteiger partial charge in [-0.15, -0.1) is 0 Å². The monoisotopic (exact) mass is 356 g/mol. The second kappa shape index (κ2) is 8.79. The largest absolute Gasteiger partial charge is 0.207 e. The van der Waals surface area contributed by atoms with E-state index in [0.717, 1.165) is 29.4 Å². The Morgan fingerprint density at radius 3 is 2.27 bits per heavy atom. The zero-order valence-electron chi connectivity index (χ0n) is 16.0. The molecule has 2 aromatic rings. The van der Waals surface area contributed by atoms with Crippen molar-refractivity contribution >= 4 is 0 Å². The number of rotatable bonds is 6. The number of hydrogen-bond acceptors (Lipinski definition) is 0. The Balaban J connectivity index is 1.62. The van der Waals surface area contributed by atoms with E-state index in [9.17, 15) is 8.78 Å². The molecular weight excluding hydrogens is 326 g/mol. The molecule has 0 bridgehead atoms. The zero-order chi connectivity index (χ0) is 18.5. The Morgan fingerprint density at radius 1 is 0.962 bits per heavy atom. The summed E-state index contributed by atoms with van der Waals surface area (Å²) in [5, 5.41) is 0. The van der Waals surface area contributed by atoms with Crippen LogP contribution in [0.25, 0.3) is 11.1 Å². The number of hydrogen-bond donors (Lipinski definition) is 0. The molecule has 0 aliphatic heterocycles. The molecule has 0 aromatic heterocycles. The smallest absolute Gasteiger partial charge is 0.131 e. The van der Waals surface area contributed by atoms with Gasteiger partial charge in [-0.2, -0.15) is 0 Å². The first-order chi connectivity index (χ1) is 12.6. The van der Waals surface area contributed by atoms with Crippen LogP contribution >= 0.6 is 0 Å². The van der Waals surface area contributed by atoms with Crippen molar-refractivity contribution in [1.82, 2.24) is 0 Å². The van der Waals surface area contributed by atoms with Crippen LogP contribution in [-0.4, -0.2) is 0 Å². The van der Waals surface area contributed by atoms with Gasteiger partial charge in [0.05, 0.1) is 0 Å². The summed E-state index contributed by atoms with van der Waals surface area (Å²) in [6.07, 6.45) is 8.97. The minimum Gasteiger partial charge on any atom is -0.207 e. The van der Waals surface area contributed by atoms with Gasteiger partial charge in [0.25, 0.3) is 0 Å². The third kappa shape index (κ3) is 4.72. The quantitative estimate of drug-likeness (QED) is 0.505. The van der Waals surface area contributed by atoms with Gasteiger partial charge in [-0.3, -0.25) is 0 Å². The molecule has 2 aromatic carbocycles. The fraction of sp³-hybridized carbons (Fsp3) is 0.500. The van der Waals surface area contributed by atoms with Gasteiger partial charge in [0, 0.05) is 5.56 Å². The molecule has 1 atom stereocenters. The van der Waals surface area contributed by atoms with E-state index in [2.05, 4.69) is 13.8 Å². The van der Waals surface area contributed by atoms with Crippen molar-refractivity contribution < 1.29 is 8.78 Å². The van der Waals surface area contributed by atoms with Gasteiger partial charge in [0.1, 0.15) is 11.6 Å². The summed E-state index contributed by atoms with van der Waals surface area (Å²) in [6.45, 7) is 4.59. The summed E-state index contributed by atoms with van der Waals surface area (Å²) in [6, 6.07) is 11.5. The van der Waals surface area contributed by atoms with Crippen LogP contribution in [0.15, 0.2) is 42.5 Å². The van der Waals surface area contributed by atoms with Gasteiger partial charge in [-0.1, -0.05) is 63.8 Å². The van der Waals surface area contributed by atoms with Gasteiger partial charge >= 0.3 is 0 Å². The lowest BCUT2D eigenvalue weighted by Gasteiger charge is -2.32. The van der Waals surface area contributed by atoms with Crippen molar-refractivity contribution in [3.8, 4) is 11.1 Å². The lowest BCUT2D eigenvalue weighted by atomic mass is 9.73. The lowest BCUT2D eigenvalue weighted by molar-refractivity contribution is 0.206. The average Bonchev–Trinajstić information content (AvgIpc) is 2.64. The molecule has 1 unspecified atom stereocenters. The fourth-order valence-electron chi connectivity index (χ4n) is 4.54. The van der Waals surface area contributed by atoms with Crippen LogP contribution < -0.4 is 0 Å². The van der Waals surface area contributed by atoms with Crippen LogP contribution in [0.3, 0.4) is 0 Å². The molecule has 0 N–H and O–H groups in total. The highest BCUT2D eigenvalue weighted by atomic mass is 19.1. The van der Waals surface area contributed by atoms with Gasteiger partial charge < -0.3 is 0 Å². The van der Waals surface area contributed by atoms with Gasteiger partial charge in [-0.25, -0.2) is 8.78 Å². The summed E-state index contributed by atoms with van der Waals surface area (Å²) in [5.74, 6) is 1.77. The van der Waals surface area contributed by atoms with Gasteiger partial charge in [0.15, 0.2) is 0 Å². The van der Waals surface area contributed by atoms with E-state index in [-0.39, 0.29) is 11.6 Å². The van der Waals surface area contributed by atoms with Crippen LogP contribution in [0.5, 0.6) is 0 Å². The van der Waals surface area contributed by atoms with Crippen molar-refractivity contribution in [3.05, 3.63) is 59.7 Å². The standard InChI is InChI=1S/C24H30F2/c1-3-4-18-5-8-20(9-6-18)17(2)15-19-7-14-23(24(26)16-19)21-10-12-22(25)13-11-21/h7,10-14,16-18,20H,3-6,8-9,15H2,1-2H3. The Morgan fingerprint density at radius 2 is 1.65 bits per heavy atom. The van der Waals surface area contributed by atoms with E-state index in [1.807, 2.05) is 12.1 Å². The highest BCUT2D eigenvalue weighted by molar-refractivity contribution is 5.64. The zero-order valence-corrected chi connectivity index (χ0v) is 16.0. The van der Waals surface area contributed by atoms with Crippen molar-refractivity contribution in [1.29, 1.82) is 0 Å². The first-order valence-electron chi connectivity index (χ1n) is 10.1. The second-order valence-corrected chi connectivity index (χ2v) is 8.07. The molecule has 0 spiro atoms. The van der Waals surface area contributed by atoms with Crippen LogP contribution in [0.2, 0.25) is 0 Å². The van der Waals surface area contributed by atoms with Gasteiger partial charge in [0.2, 0.25) is 0 Å². The minimum atomic E-state index is -0.298. The molecule has 0 saturated heterocycles. The maximum absolute atomic E-state index is 14.6. The topological polar surface area (TPSA) is 0 Å². The molecule has 1 aliphatic carbocycles. The molecule has 1 fully saturated rings. The minimum absolute atomic E-state index is 0.215. The van der Waals surface area contributed by atoms with E-state index < -0.39 is 0 Å². The normalized spacial score (nSPS) is 21.5. The van der Waals surface area contributed by atoms with Crippen molar-refractivity contribution in [3.63, 3.8) is 0 Å². The maximum Gasteiger partial charge on any atom is 0.131 e. The van der Waals surface area contributed by atoms with Crippen molar-refractivity contribution in [2.45, 2.75) is 58.8 Å². The summed E-state index contributed by atoms with van der Waals surface area (Å²) >= 11 is 0. The molecule has 0 amide bonds. The number of benzene rings is 2. The lowest BCUT2D eigenvalue weighted by Crippen LogP contribution is -2.21. The predicted octanol–water partition coefficient (Wildman–Crippen LogP) is 7.42. The molecule has 0 heterocycles. The van der Waals surface area contributed by atoms with E-state index in [1.165, 1.54) is 50.7 Å². The Kier molecular flexibility index (Phi) is 6.45. The first kappa shape index (κ1) is 19.1. The molecule has 0 radical (unpaired) electrons. The summed E-state index contributed by atoms with van der Waals surface area (Å²) in [7, 11) is 0. The average molecular weight is 357 g/mol. The SMILES string of the molecule is CCCC1CCC(C(C)Cc2ccc(-c3ccc(F)cc3)c(F)c2)CC1. The van der Waals surface area contributed by atoms with Crippen molar-refractivity contribution in [2.24, 2.45) is 17.8 Å². The molecule has 1 saturated carbocycles. The molecule has 2 heteroatoms. The van der Waals surface area contributed by atoms with Crippen LogP contribution in [-0.2, 0) is 6.42 Å². The van der Waals surface area contributed by atoms with E-state index in [0.29, 0.717) is 11.5 Å². The third-order valence-electron chi connectivity index (χ3n) is 6.14. The Bertz CT molecular complexity index is 697. The van der Waals surface area contributed by atoms with Crippen LogP contribution in [0.1, 0.15) is 57.9 Å². The predicted molar refractivity (Wildman–Crippen MR) is 105 cm³/mol. The Labute approximate surface area is 156 Å². The fourth-order valence-corrected chi connectivity index (χ4v) is 4.54. The first-order valence-corrected chi connectivity index (χ1v) is 10.1. The summed E-state index contributed by atoms with van der Waals surface area (Å²) in [5.41, 5.74) is 2.33. The second-order valence-electron chi connectivity index (χ2n) is 8.07. The highest BCUT2D eigenvalue weighted by Crippen LogP contribution is 2.36. The van der Waals surface area contributed by atoms with E-state index in [4.69, 9.17) is 0 Å². The Hall–Kier alpha value is -1.70.